The second kappa shape index (κ2) is 5.61. The molecule has 2 aromatic rings. The lowest BCUT2D eigenvalue weighted by Crippen LogP contribution is -2.38. The van der Waals surface area contributed by atoms with E-state index in [2.05, 4.69) is 42.6 Å². The van der Waals surface area contributed by atoms with Crippen molar-refractivity contribution in [2.45, 2.75) is 46.2 Å². The number of nitrogens with one attached hydrogen (secondary N) is 1. The Morgan fingerprint density at radius 2 is 1.89 bits per heavy atom. The van der Waals surface area contributed by atoms with Crippen molar-refractivity contribution in [3.05, 3.63) is 23.9 Å². The highest BCUT2D eigenvalue weighted by Crippen LogP contribution is 2.20. The van der Waals surface area contributed by atoms with E-state index in [-0.39, 0.29) is 5.88 Å². The lowest BCUT2D eigenvalue weighted by Gasteiger charge is -2.30. The van der Waals surface area contributed by atoms with Gasteiger partial charge in [0.15, 0.2) is 0 Å². The highest BCUT2D eigenvalue weighted by Gasteiger charge is 2.14. The summed E-state index contributed by atoms with van der Waals surface area (Å²) in [5.41, 5.74) is 3.03. The smallest absolute Gasteiger partial charge is 0.211 e. The monoisotopic (exact) mass is 261 g/mol. The van der Waals surface area contributed by atoms with Crippen LogP contribution in [0.15, 0.2) is 18.3 Å². The third kappa shape index (κ3) is 3.07. The molecule has 0 aliphatic heterocycles. The molecule has 0 unspecified atom stereocenters. The summed E-state index contributed by atoms with van der Waals surface area (Å²) in [7, 11) is 0. The zero-order valence-corrected chi connectivity index (χ0v) is 12.1. The minimum absolute atomic E-state index is 0.0814. The molecule has 0 saturated carbocycles. The van der Waals surface area contributed by atoms with Gasteiger partial charge in [-0.15, -0.1) is 0 Å². The minimum atomic E-state index is 0.0814. The number of fused-ring (bicyclic) bond motifs is 1. The maximum absolute atomic E-state index is 9.49. The Kier molecular flexibility index (Phi) is 4.10. The number of hydrogen-bond donors (Lipinski definition) is 2. The average molecular weight is 261 g/mol. The molecular formula is C15H23N3O. The van der Waals surface area contributed by atoms with Crippen LogP contribution in [-0.4, -0.2) is 38.6 Å². The average Bonchev–Trinajstić information content (AvgIpc) is 2.71. The summed E-state index contributed by atoms with van der Waals surface area (Å²) in [5, 5.41) is 9.49. The van der Waals surface area contributed by atoms with Crippen LogP contribution in [0, 0.1) is 0 Å². The number of aromatic hydroxyl groups is 1. The van der Waals surface area contributed by atoms with Crippen LogP contribution >= 0.6 is 0 Å². The first kappa shape index (κ1) is 13.9. The van der Waals surface area contributed by atoms with Crippen molar-refractivity contribution in [1.29, 1.82) is 0 Å². The third-order valence-electron chi connectivity index (χ3n) is 3.55. The van der Waals surface area contributed by atoms with Crippen LogP contribution in [0.1, 0.15) is 33.3 Å². The summed E-state index contributed by atoms with van der Waals surface area (Å²) in [4.78, 5) is 9.87. The van der Waals surface area contributed by atoms with Gasteiger partial charge in [0.1, 0.15) is 0 Å². The maximum atomic E-state index is 9.49. The van der Waals surface area contributed by atoms with E-state index in [0.717, 1.165) is 29.6 Å². The molecule has 4 nitrogen and oxygen atoms in total. The normalized spacial score (nSPS) is 12.2. The topological polar surface area (TPSA) is 52.2 Å². The second-order valence-electron chi connectivity index (χ2n) is 5.55. The van der Waals surface area contributed by atoms with E-state index >= 15 is 0 Å². The van der Waals surface area contributed by atoms with Crippen LogP contribution in [0.3, 0.4) is 0 Å². The Balaban J connectivity index is 2.15. The first-order valence-corrected chi connectivity index (χ1v) is 6.90. The fraction of sp³-hybridized carbons (Fsp3) is 0.533. The molecule has 104 valence electrons. The first-order valence-electron chi connectivity index (χ1n) is 6.90. The third-order valence-corrected chi connectivity index (χ3v) is 3.55. The van der Waals surface area contributed by atoms with Crippen LogP contribution in [0.4, 0.5) is 0 Å². The summed E-state index contributed by atoms with van der Waals surface area (Å²) in [6, 6.07) is 4.54. The van der Waals surface area contributed by atoms with E-state index in [4.69, 9.17) is 0 Å². The van der Waals surface area contributed by atoms with Crippen molar-refractivity contribution in [2.75, 3.05) is 6.54 Å². The molecule has 0 aliphatic rings. The summed E-state index contributed by atoms with van der Waals surface area (Å²) in [6.45, 7) is 9.89. The van der Waals surface area contributed by atoms with Crippen molar-refractivity contribution >= 4 is 11.0 Å². The molecule has 0 atom stereocenters. The maximum Gasteiger partial charge on any atom is 0.211 e. The van der Waals surface area contributed by atoms with Gasteiger partial charge in [-0.2, -0.15) is 0 Å². The SMILES string of the molecule is CC(C)N(CCc1c[nH]c2ccc(O)nc12)C(C)C. The molecular weight excluding hydrogens is 238 g/mol. The summed E-state index contributed by atoms with van der Waals surface area (Å²) in [5.74, 6) is 0.0814. The number of aromatic amines is 1. The molecule has 2 aromatic heterocycles. The molecule has 0 saturated heterocycles. The fourth-order valence-electron chi connectivity index (χ4n) is 2.60. The Bertz CT molecular complexity index is 537. The molecule has 0 fully saturated rings. The van der Waals surface area contributed by atoms with Crippen LogP contribution in [-0.2, 0) is 6.42 Å². The first-order chi connectivity index (χ1) is 8.99. The predicted octanol–water partition coefficient (Wildman–Crippen LogP) is 2.93. The van der Waals surface area contributed by atoms with Gasteiger partial charge in [-0.3, -0.25) is 4.90 Å². The van der Waals surface area contributed by atoms with Gasteiger partial charge in [0.2, 0.25) is 5.88 Å². The van der Waals surface area contributed by atoms with Crippen LogP contribution in [0.2, 0.25) is 0 Å². The van der Waals surface area contributed by atoms with Crippen LogP contribution in [0.25, 0.3) is 11.0 Å². The Labute approximate surface area is 114 Å². The lowest BCUT2D eigenvalue weighted by molar-refractivity contribution is 0.177. The zero-order chi connectivity index (χ0) is 14.0. The van der Waals surface area contributed by atoms with E-state index in [0.29, 0.717) is 12.1 Å². The summed E-state index contributed by atoms with van der Waals surface area (Å²) >= 11 is 0. The number of aromatic nitrogens is 2. The summed E-state index contributed by atoms with van der Waals surface area (Å²) in [6.07, 6.45) is 2.93. The Morgan fingerprint density at radius 1 is 1.21 bits per heavy atom. The molecule has 2 N–H and O–H groups in total. The van der Waals surface area contributed by atoms with Crippen LogP contribution in [0.5, 0.6) is 5.88 Å². The van der Waals surface area contributed by atoms with Gasteiger partial charge in [-0.1, -0.05) is 0 Å². The highest BCUT2D eigenvalue weighted by atomic mass is 16.3. The molecule has 2 heterocycles. The number of rotatable bonds is 5. The van der Waals surface area contributed by atoms with Gasteiger partial charge < -0.3 is 10.1 Å². The largest absolute Gasteiger partial charge is 0.493 e. The molecule has 0 aromatic carbocycles. The molecule has 0 bridgehead atoms. The van der Waals surface area contributed by atoms with Gasteiger partial charge >= 0.3 is 0 Å². The van der Waals surface area contributed by atoms with E-state index in [1.54, 1.807) is 6.07 Å². The molecule has 0 aliphatic carbocycles. The van der Waals surface area contributed by atoms with Crippen molar-refractivity contribution < 1.29 is 5.11 Å². The predicted molar refractivity (Wildman–Crippen MR) is 78.4 cm³/mol. The second-order valence-corrected chi connectivity index (χ2v) is 5.55. The lowest BCUT2D eigenvalue weighted by atomic mass is 10.1. The van der Waals surface area contributed by atoms with Crippen molar-refractivity contribution in [1.82, 2.24) is 14.9 Å². The van der Waals surface area contributed by atoms with Gasteiger partial charge in [-0.25, -0.2) is 4.98 Å². The molecule has 19 heavy (non-hydrogen) atoms. The Hall–Kier alpha value is -1.55. The zero-order valence-electron chi connectivity index (χ0n) is 12.1. The van der Waals surface area contributed by atoms with Crippen molar-refractivity contribution in [3.8, 4) is 5.88 Å². The number of pyridine rings is 1. The Morgan fingerprint density at radius 3 is 2.53 bits per heavy atom. The van der Waals surface area contributed by atoms with E-state index in [1.807, 2.05) is 12.3 Å². The number of H-pyrrole nitrogens is 1. The van der Waals surface area contributed by atoms with Gasteiger partial charge in [0.25, 0.3) is 0 Å². The minimum Gasteiger partial charge on any atom is -0.493 e. The number of hydrogen-bond acceptors (Lipinski definition) is 3. The highest BCUT2D eigenvalue weighted by molar-refractivity contribution is 5.79. The van der Waals surface area contributed by atoms with Gasteiger partial charge in [0, 0.05) is 30.9 Å². The molecule has 0 radical (unpaired) electrons. The van der Waals surface area contributed by atoms with Gasteiger partial charge in [-0.05, 0) is 45.7 Å². The molecule has 4 heteroatoms. The quantitative estimate of drug-likeness (QED) is 0.870. The van der Waals surface area contributed by atoms with Gasteiger partial charge in [0.05, 0.1) is 11.0 Å². The number of nitrogens with zero attached hydrogens (tertiary/aromatic N) is 2. The molecule has 0 amide bonds. The van der Waals surface area contributed by atoms with E-state index in [9.17, 15) is 5.11 Å². The standard InChI is InChI=1S/C15H23N3O/c1-10(2)18(11(3)4)8-7-12-9-16-13-5-6-14(19)17-15(12)13/h5-6,9-11,16H,7-8H2,1-4H3,(H,17,19). The van der Waals surface area contributed by atoms with E-state index in [1.165, 1.54) is 0 Å². The van der Waals surface area contributed by atoms with Crippen molar-refractivity contribution in [2.24, 2.45) is 0 Å². The fourth-order valence-corrected chi connectivity index (χ4v) is 2.60. The van der Waals surface area contributed by atoms with E-state index < -0.39 is 0 Å². The molecule has 0 spiro atoms. The summed E-state index contributed by atoms with van der Waals surface area (Å²) < 4.78 is 0. The molecule has 2 rings (SSSR count). The van der Waals surface area contributed by atoms with Crippen molar-refractivity contribution in [3.63, 3.8) is 0 Å². The van der Waals surface area contributed by atoms with Crippen LogP contribution < -0.4 is 0 Å².